The highest BCUT2D eigenvalue weighted by Crippen LogP contribution is 2.13. The molecule has 0 rings (SSSR count). The Morgan fingerprint density at radius 3 is 1.52 bits per heavy atom. The second-order valence-corrected chi connectivity index (χ2v) is 10.2. The SMILES string of the molecule is CCCCCCCCCCCCCC=C[C@@H](O)[C@H](C)NC(=O)CCCCCCCCCCC. The van der Waals surface area contributed by atoms with Crippen LogP contribution in [0.15, 0.2) is 12.2 Å². The molecule has 0 bridgehead atoms. The Bertz CT molecular complexity index is 435. The average molecular weight is 466 g/mol. The number of rotatable bonds is 25. The van der Waals surface area contributed by atoms with Crippen LogP contribution in [0.1, 0.15) is 162 Å². The first-order chi connectivity index (χ1) is 16.1. The molecule has 0 aliphatic heterocycles. The van der Waals surface area contributed by atoms with E-state index in [0.29, 0.717) is 6.42 Å². The Morgan fingerprint density at radius 1 is 0.667 bits per heavy atom. The molecule has 0 radical (unpaired) electrons. The summed E-state index contributed by atoms with van der Waals surface area (Å²) in [6, 6.07) is -0.218. The first kappa shape index (κ1) is 32.2. The van der Waals surface area contributed by atoms with Gasteiger partial charge in [0.1, 0.15) is 0 Å². The summed E-state index contributed by atoms with van der Waals surface area (Å²) in [5.41, 5.74) is 0. The summed E-state index contributed by atoms with van der Waals surface area (Å²) in [5.74, 6) is 0.0725. The van der Waals surface area contributed by atoms with E-state index in [4.69, 9.17) is 0 Å². The third kappa shape index (κ3) is 24.1. The number of aliphatic hydroxyl groups excluding tert-OH is 1. The van der Waals surface area contributed by atoms with Crippen LogP contribution >= 0.6 is 0 Å². The van der Waals surface area contributed by atoms with E-state index < -0.39 is 6.10 Å². The molecule has 0 fully saturated rings. The molecular formula is C30H59NO2. The fraction of sp³-hybridized carbons (Fsp3) is 0.900. The van der Waals surface area contributed by atoms with Gasteiger partial charge in [0.05, 0.1) is 12.1 Å². The van der Waals surface area contributed by atoms with Gasteiger partial charge < -0.3 is 10.4 Å². The van der Waals surface area contributed by atoms with Crippen LogP contribution in [0.25, 0.3) is 0 Å². The van der Waals surface area contributed by atoms with Gasteiger partial charge >= 0.3 is 0 Å². The molecule has 2 atom stereocenters. The number of carbonyl (C=O) groups is 1. The van der Waals surface area contributed by atoms with Crippen LogP contribution in [-0.4, -0.2) is 23.2 Å². The van der Waals surface area contributed by atoms with Gasteiger partial charge in [-0.25, -0.2) is 0 Å². The van der Waals surface area contributed by atoms with Gasteiger partial charge in [-0.1, -0.05) is 142 Å². The number of carbonyl (C=O) groups excluding carboxylic acids is 1. The lowest BCUT2D eigenvalue weighted by Crippen LogP contribution is -2.40. The molecule has 3 nitrogen and oxygen atoms in total. The molecule has 1 amide bonds. The summed E-state index contributed by atoms with van der Waals surface area (Å²) in [5, 5.41) is 13.2. The molecule has 0 unspecified atom stereocenters. The van der Waals surface area contributed by atoms with Crippen molar-refractivity contribution in [3.63, 3.8) is 0 Å². The summed E-state index contributed by atoms with van der Waals surface area (Å²) < 4.78 is 0. The van der Waals surface area contributed by atoms with Crippen LogP contribution in [0.5, 0.6) is 0 Å². The van der Waals surface area contributed by atoms with Gasteiger partial charge in [-0.05, 0) is 26.2 Å². The summed E-state index contributed by atoms with van der Waals surface area (Å²) in [7, 11) is 0. The maximum atomic E-state index is 12.1. The molecule has 3 heteroatoms. The van der Waals surface area contributed by atoms with Crippen molar-refractivity contribution in [3.05, 3.63) is 12.2 Å². The summed E-state index contributed by atoms with van der Waals surface area (Å²) >= 11 is 0. The van der Waals surface area contributed by atoms with Gasteiger partial charge in [0.2, 0.25) is 5.91 Å². The maximum absolute atomic E-state index is 12.1. The highest BCUT2D eigenvalue weighted by molar-refractivity contribution is 5.76. The number of allylic oxidation sites excluding steroid dienone is 1. The van der Waals surface area contributed by atoms with Gasteiger partial charge in [0, 0.05) is 6.42 Å². The standard InChI is InChI=1S/C30H59NO2/c1-4-6-8-10-12-14-15-16-17-19-20-22-24-26-29(32)28(3)31-30(33)27-25-23-21-18-13-11-9-7-5-2/h24,26,28-29,32H,4-23,25,27H2,1-3H3,(H,31,33)/t28-,29+/m0/s1. The van der Waals surface area contributed by atoms with Gasteiger partial charge in [-0.15, -0.1) is 0 Å². The van der Waals surface area contributed by atoms with Crippen molar-refractivity contribution in [1.82, 2.24) is 5.32 Å². The summed E-state index contributed by atoms with van der Waals surface area (Å²) in [6.07, 6.45) is 31.2. The molecule has 0 spiro atoms. The molecule has 0 aliphatic rings. The van der Waals surface area contributed by atoms with E-state index in [-0.39, 0.29) is 11.9 Å². The Labute approximate surface area is 207 Å². The lowest BCUT2D eigenvalue weighted by Gasteiger charge is -2.17. The first-order valence-corrected chi connectivity index (χ1v) is 14.8. The largest absolute Gasteiger partial charge is 0.387 e. The molecule has 2 N–H and O–H groups in total. The summed E-state index contributed by atoms with van der Waals surface area (Å²) in [6.45, 7) is 6.42. The second kappa shape index (κ2) is 25.8. The minimum absolute atomic E-state index is 0.0725. The number of hydrogen-bond donors (Lipinski definition) is 2. The number of unbranched alkanes of at least 4 members (excludes halogenated alkanes) is 19. The third-order valence-corrected chi connectivity index (χ3v) is 6.72. The van der Waals surface area contributed by atoms with E-state index in [1.54, 1.807) is 0 Å². The first-order valence-electron chi connectivity index (χ1n) is 14.8. The van der Waals surface area contributed by atoms with Crippen LogP contribution in [0.2, 0.25) is 0 Å². The second-order valence-electron chi connectivity index (χ2n) is 10.2. The number of aliphatic hydroxyl groups is 1. The van der Waals surface area contributed by atoms with Crippen LogP contribution in [-0.2, 0) is 4.79 Å². The fourth-order valence-corrected chi connectivity index (χ4v) is 4.34. The molecular weight excluding hydrogens is 406 g/mol. The third-order valence-electron chi connectivity index (χ3n) is 6.72. The molecule has 0 aromatic rings. The topological polar surface area (TPSA) is 49.3 Å². The Balaban J connectivity index is 3.54. The molecule has 33 heavy (non-hydrogen) atoms. The van der Waals surface area contributed by atoms with E-state index in [2.05, 4.69) is 25.2 Å². The van der Waals surface area contributed by atoms with Crippen molar-refractivity contribution in [2.75, 3.05) is 0 Å². The van der Waals surface area contributed by atoms with Crippen molar-refractivity contribution in [2.45, 2.75) is 174 Å². The van der Waals surface area contributed by atoms with E-state index in [9.17, 15) is 9.90 Å². The monoisotopic (exact) mass is 465 g/mol. The van der Waals surface area contributed by atoms with E-state index in [1.807, 2.05) is 13.0 Å². The maximum Gasteiger partial charge on any atom is 0.220 e. The highest BCUT2D eigenvalue weighted by atomic mass is 16.3. The van der Waals surface area contributed by atoms with E-state index in [1.165, 1.54) is 116 Å². The van der Waals surface area contributed by atoms with Gasteiger partial charge in [0.15, 0.2) is 0 Å². The Kier molecular flexibility index (Phi) is 25.1. The fourth-order valence-electron chi connectivity index (χ4n) is 4.34. The summed E-state index contributed by atoms with van der Waals surface area (Å²) in [4.78, 5) is 12.1. The minimum Gasteiger partial charge on any atom is -0.387 e. The zero-order valence-corrected chi connectivity index (χ0v) is 22.7. The predicted molar refractivity (Wildman–Crippen MR) is 146 cm³/mol. The van der Waals surface area contributed by atoms with Crippen LogP contribution < -0.4 is 5.32 Å². The smallest absolute Gasteiger partial charge is 0.220 e. The number of hydrogen-bond acceptors (Lipinski definition) is 2. The van der Waals surface area contributed by atoms with E-state index >= 15 is 0 Å². The zero-order chi connectivity index (χ0) is 24.4. The van der Waals surface area contributed by atoms with Crippen LogP contribution in [0.3, 0.4) is 0 Å². The lowest BCUT2D eigenvalue weighted by atomic mass is 10.0. The average Bonchev–Trinajstić information content (AvgIpc) is 2.80. The molecule has 0 saturated carbocycles. The Morgan fingerprint density at radius 2 is 1.06 bits per heavy atom. The van der Waals surface area contributed by atoms with Crippen molar-refractivity contribution in [2.24, 2.45) is 0 Å². The normalized spacial score (nSPS) is 13.5. The van der Waals surface area contributed by atoms with Crippen LogP contribution in [0, 0.1) is 0 Å². The minimum atomic E-state index is -0.593. The van der Waals surface area contributed by atoms with Gasteiger partial charge in [-0.3, -0.25) is 4.79 Å². The van der Waals surface area contributed by atoms with Gasteiger partial charge in [0.25, 0.3) is 0 Å². The quantitative estimate of drug-likeness (QED) is 0.104. The Hall–Kier alpha value is -0.830. The van der Waals surface area contributed by atoms with Crippen LogP contribution in [0.4, 0.5) is 0 Å². The van der Waals surface area contributed by atoms with Crippen molar-refractivity contribution in [3.8, 4) is 0 Å². The molecule has 0 aliphatic carbocycles. The molecule has 0 aromatic carbocycles. The number of amides is 1. The predicted octanol–water partition coefficient (Wildman–Crippen LogP) is 9.03. The molecule has 0 aromatic heterocycles. The molecule has 0 heterocycles. The van der Waals surface area contributed by atoms with Crippen molar-refractivity contribution >= 4 is 5.91 Å². The highest BCUT2D eigenvalue weighted by Gasteiger charge is 2.13. The number of nitrogens with one attached hydrogen (secondary N) is 1. The lowest BCUT2D eigenvalue weighted by molar-refractivity contribution is -0.122. The molecule has 196 valence electrons. The molecule has 0 saturated heterocycles. The van der Waals surface area contributed by atoms with Crippen molar-refractivity contribution < 1.29 is 9.90 Å². The zero-order valence-electron chi connectivity index (χ0n) is 22.7. The van der Waals surface area contributed by atoms with E-state index in [0.717, 1.165) is 19.3 Å². The van der Waals surface area contributed by atoms with Gasteiger partial charge in [-0.2, -0.15) is 0 Å². The van der Waals surface area contributed by atoms with Crippen molar-refractivity contribution in [1.29, 1.82) is 0 Å².